The number of nitrogens with one attached hydrogen (secondary N) is 1. The van der Waals surface area contributed by atoms with E-state index in [1.807, 2.05) is 5.43 Å². The Morgan fingerprint density at radius 2 is 1.93 bits per heavy atom. The van der Waals surface area contributed by atoms with Crippen LogP contribution in [0.25, 0.3) is 0 Å². The number of hydroxylamine groups is 2. The highest BCUT2D eigenvalue weighted by atomic mass is 19.1. The number of carbonyl (C=O) groups excluding carboxylic acids is 3. The first kappa shape index (κ1) is 21.7. The number of ketones is 1. The number of urea groups is 1. The third-order valence-electron chi connectivity index (χ3n) is 4.85. The standard InChI is InChI=1S/C18H23F2N5O5/c1-11(26)2-3-13-10-24(18(28)30-13)12-8-14(19)16(15(20)9-12)23-4-5-25(17(27)22-21)29-7-6-23/h8-9,13H,2-7,10,21H2,1H3,(H,22,27)/t13-/m0/s1. The van der Waals surface area contributed by atoms with Crippen molar-refractivity contribution in [2.24, 2.45) is 5.84 Å². The predicted octanol–water partition coefficient (Wildman–Crippen LogP) is 1.30. The average Bonchev–Trinajstić information content (AvgIpc) is 2.90. The number of nitrogens with two attached hydrogens (primary N) is 1. The van der Waals surface area contributed by atoms with E-state index in [0.29, 0.717) is 6.42 Å². The lowest BCUT2D eigenvalue weighted by atomic mass is 10.1. The molecule has 2 saturated heterocycles. The fraction of sp³-hybridized carbons (Fsp3) is 0.500. The SMILES string of the molecule is CC(=O)CC[C@H]1CN(c2cc(F)c(N3CCON(C(=O)NN)CC3)c(F)c2)C(=O)O1. The molecule has 2 heterocycles. The number of anilines is 2. The molecule has 0 saturated carbocycles. The van der Waals surface area contributed by atoms with Gasteiger partial charge in [-0.05, 0) is 13.3 Å². The Labute approximate surface area is 171 Å². The summed E-state index contributed by atoms with van der Waals surface area (Å²) in [5.74, 6) is 3.31. The maximum atomic E-state index is 14.8. The summed E-state index contributed by atoms with van der Waals surface area (Å²) in [5.41, 5.74) is 1.68. The van der Waals surface area contributed by atoms with Gasteiger partial charge in [0, 0.05) is 31.6 Å². The molecule has 0 bridgehead atoms. The topological polar surface area (TPSA) is 117 Å². The van der Waals surface area contributed by atoms with Crippen LogP contribution in [0.5, 0.6) is 0 Å². The Balaban J connectivity index is 1.73. The Kier molecular flexibility index (Phi) is 6.67. The highest BCUT2D eigenvalue weighted by molar-refractivity contribution is 5.90. The van der Waals surface area contributed by atoms with E-state index in [9.17, 15) is 23.2 Å². The van der Waals surface area contributed by atoms with Crippen LogP contribution in [0.2, 0.25) is 0 Å². The summed E-state index contributed by atoms with van der Waals surface area (Å²) in [6.45, 7) is 1.85. The molecule has 12 heteroatoms. The second kappa shape index (κ2) is 9.22. The Morgan fingerprint density at radius 3 is 2.57 bits per heavy atom. The molecule has 3 N–H and O–H groups in total. The molecule has 2 aliphatic heterocycles. The highest BCUT2D eigenvalue weighted by Gasteiger charge is 2.34. The normalized spacial score (nSPS) is 19.5. The zero-order valence-electron chi connectivity index (χ0n) is 16.4. The number of Topliss-reactive ketones (excluding diaryl/α,β-unsaturated/α-hetero) is 1. The van der Waals surface area contributed by atoms with Crippen LogP contribution in [-0.4, -0.2) is 61.9 Å². The number of carbonyl (C=O) groups is 3. The van der Waals surface area contributed by atoms with Gasteiger partial charge in [-0.1, -0.05) is 0 Å². The van der Waals surface area contributed by atoms with Crippen LogP contribution < -0.4 is 21.1 Å². The summed E-state index contributed by atoms with van der Waals surface area (Å²) < 4.78 is 34.8. The molecule has 0 aromatic heterocycles. The van der Waals surface area contributed by atoms with Gasteiger partial charge < -0.3 is 14.4 Å². The third kappa shape index (κ3) is 4.76. The minimum absolute atomic E-state index is 0.0182. The zero-order chi connectivity index (χ0) is 21.8. The van der Waals surface area contributed by atoms with Crippen LogP contribution in [0.15, 0.2) is 12.1 Å². The van der Waals surface area contributed by atoms with E-state index in [-0.39, 0.29) is 56.4 Å². The first-order valence-electron chi connectivity index (χ1n) is 9.42. The molecule has 1 aromatic rings. The van der Waals surface area contributed by atoms with Crippen LogP contribution in [0.1, 0.15) is 19.8 Å². The van der Waals surface area contributed by atoms with E-state index >= 15 is 0 Å². The van der Waals surface area contributed by atoms with Crippen molar-refractivity contribution in [2.75, 3.05) is 42.6 Å². The van der Waals surface area contributed by atoms with Crippen LogP contribution in [0, 0.1) is 11.6 Å². The molecular formula is C18H23F2N5O5. The lowest BCUT2D eigenvalue weighted by molar-refractivity contribution is -0.117. The van der Waals surface area contributed by atoms with Gasteiger partial charge in [0.25, 0.3) is 0 Å². The Hall–Kier alpha value is -2.99. The number of ether oxygens (including phenoxy) is 1. The van der Waals surface area contributed by atoms with E-state index in [2.05, 4.69) is 0 Å². The molecule has 30 heavy (non-hydrogen) atoms. The molecule has 0 aliphatic carbocycles. The van der Waals surface area contributed by atoms with Crippen molar-refractivity contribution in [3.05, 3.63) is 23.8 Å². The highest BCUT2D eigenvalue weighted by Crippen LogP contribution is 2.31. The van der Waals surface area contributed by atoms with E-state index in [4.69, 9.17) is 15.4 Å². The minimum atomic E-state index is -0.860. The average molecular weight is 427 g/mol. The molecule has 164 valence electrons. The van der Waals surface area contributed by atoms with Crippen LogP contribution in [-0.2, 0) is 14.4 Å². The molecule has 1 aromatic carbocycles. The van der Waals surface area contributed by atoms with Gasteiger partial charge in [-0.2, -0.15) is 0 Å². The van der Waals surface area contributed by atoms with Gasteiger partial charge in [-0.25, -0.2) is 29.3 Å². The summed E-state index contributed by atoms with van der Waals surface area (Å²) in [4.78, 5) is 42.5. The smallest absolute Gasteiger partial charge is 0.414 e. The fourth-order valence-electron chi connectivity index (χ4n) is 3.36. The molecular weight excluding hydrogens is 404 g/mol. The number of benzene rings is 1. The number of cyclic esters (lactones) is 1. The number of hydrogen-bond acceptors (Lipinski definition) is 7. The van der Waals surface area contributed by atoms with Gasteiger partial charge in [-0.3, -0.25) is 15.2 Å². The minimum Gasteiger partial charge on any atom is -0.444 e. The first-order chi connectivity index (χ1) is 14.3. The summed E-state index contributed by atoms with van der Waals surface area (Å²) in [6, 6.07) is 1.45. The van der Waals surface area contributed by atoms with E-state index < -0.39 is 29.9 Å². The lowest BCUT2D eigenvalue weighted by Gasteiger charge is -2.24. The maximum Gasteiger partial charge on any atom is 0.414 e. The van der Waals surface area contributed by atoms with Crippen molar-refractivity contribution < 1.29 is 32.7 Å². The van der Waals surface area contributed by atoms with Crippen molar-refractivity contribution in [2.45, 2.75) is 25.9 Å². The van der Waals surface area contributed by atoms with Gasteiger partial charge >= 0.3 is 12.1 Å². The van der Waals surface area contributed by atoms with Crippen molar-refractivity contribution in [3.8, 4) is 0 Å². The largest absolute Gasteiger partial charge is 0.444 e. The van der Waals surface area contributed by atoms with Gasteiger partial charge in [0.1, 0.15) is 17.6 Å². The molecule has 0 spiro atoms. The quantitative estimate of drug-likeness (QED) is 0.413. The van der Waals surface area contributed by atoms with Crippen molar-refractivity contribution in [1.29, 1.82) is 0 Å². The molecule has 3 amide bonds. The van der Waals surface area contributed by atoms with E-state index in [1.54, 1.807) is 0 Å². The first-order valence-corrected chi connectivity index (χ1v) is 9.42. The Morgan fingerprint density at radius 1 is 1.23 bits per heavy atom. The number of amides is 3. The number of rotatable bonds is 5. The summed E-state index contributed by atoms with van der Waals surface area (Å²) >= 11 is 0. The van der Waals surface area contributed by atoms with E-state index in [0.717, 1.165) is 22.1 Å². The van der Waals surface area contributed by atoms with Crippen LogP contribution in [0.3, 0.4) is 0 Å². The predicted molar refractivity (Wildman–Crippen MR) is 101 cm³/mol. The lowest BCUT2D eigenvalue weighted by Crippen LogP contribution is -2.44. The monoisotopic (exact) mass is 427 g/mol. The van der Waals surface area contributed by atoms with Crippen LogP contribution in [0.4, 0.5) is 29.7 Å². The molecule has 0 unspecified atom stereocenters. The van der Waals surface area contributed by atoms with Gasteiger partial charge in [0.15, 0.2) is 11.6 Å². The van der Waals surface area contributed by atoms with Crippen molar-refractivity contribution >= 4 is 29.3 Å². The van der Waals surface area contributed by atoms with Gasteiger partial charge in [0.2, 0.25) is 0 Å². The van der Waals surface area contributed by atoms with Crippen molar-refractivity contribution in [3.63, 3.8) is 0 Å². The molecule has 0 radical (unpaired) electrons. The molecule has 1 atom stereocenters. The van der Waals surface area contributed by atoms with E-state index in [1.165, 1.54) is 11.8 Å². The maximum absolute atomic E-state index is 14.8. The summed E-state index contributed by atoms with van der Waals surface area (Å²) in [6.07, 6.45) is -0.637. The van der Waals surface area contributed by atoms with Gasteiger partial charge in [0.05, 0.1) is 25.4 Å². The number of hydrazine groups is 1. The fourth-order valence-corrected chi connectivity index (χ4v) is 3.36. The van der Waals surface area contributed by atoms with Crippen molar-refractivity contribution in [1.82, 2.24) is 10.5 Å². The molecule has 10 nitrogen and oxygen atoms in total. The summed E-state index contributed by atoms with van der Waals surface area (Å²) in [5, 5.41) is 0.978. The second-order valence-electron chi connectivity index (χ2n) is 6.99. The Bertz CT molecular complexity index is 816. The number of halogens is 2. The number of hydrogen-bond donors (Lipinski definition) is 2. The third-order valence-corrected chi connectivity index (χ3v) is 4.85. The second-order valence-corrected chi connectivity index (χ2v) is 6.99. The molecule has 2 aliphatic rings. The number of nitrogens with zero attached hydrogens (tertiary/aromatic N) is 3. The molecule has 2 fully saturated rings. The van der Waals surface area contributed by atoms with Crippen LogP contribution >= 0.6 is 0 Å². The molecule has 3 rings (SSSR count). The summed E-state index contributed by atoms with van der Waals surface area (Å²) in [7, 11) is 0. The zero-order valence-corrected chi connectivity index (χ0v) is 16.4. The van der Waals surface area contributed by atoms with Gasteiger partial charge in [-0.15, -0.1) is 0 Å².